The Morgan fingerprint density at radius 3 is 0.769 bits per heavy atom. The minimum Gasteiger partial charge on any atom is -0.394 e. The van der Waals surface area contributed by atoms with Gasteiger partial charge in [-0.1, -0.05) is 0 Å². The summed E-state index contributed by atoms with van der Waals surface area (Å²) in [4.78, 5) is 0. The molecule has 7 fully saturated rings. The second-order valence-corrected chi connectivity index (χ2v) is 19.6. The number of hydrogen-bond donors (Lipinski definition) is 23. The summed E-state index contributed by atoms with van der Waals surface area (Å²) < 4.78 is 73.1. The minimum absolute atomic E-state index is 0.901. The Hall–Kier alpha value is -1.44. The normalized spacial score (nSPS) is 53.5. The molecule has 7 aliphatic heterocycles. The van der Waals surface area contributed by atoms with E-state index in [9.17, 15) is 117 Å². The molecule has 0 aromatic carbocycles. The van der Waals surface area contributed by atoms with Crippen molar-refractivity contribution in [2.75, 3.05) is 46.2 Å². The third-order valence-corrected chi connectivity index (χ3v) is 14.5. The Morgan fingerprint density at radius 1 is 0.218 bits per heavy atom. The van der Waals surface area contributed by atoms with E-state index >= 15 is 0 Å². The summed E-state index contributed by atoms with van der Waals surface area (Å²) in [5, 5.41) is 244. The minimum atomic E-state index is -2.36. The lowest BCUT2D eigenvalue weighted by Crippen LogP contribution is -2.68. The molecule has 7 aliphatic rings. The number of aliphatic hydroxyl groups excluding tert-OH is 23. The van der Waals surface area contributed by atoms with Gasteiger partial charge in [0.05, 0.1) is 46.2 Å². The monoisotopic (exact) mass is 1150 g/mol. The molecule has 0 amide bonds. The first-order chi connectivity index (χ1) is 36.9. The molecule has 0 radical (unpaired) electrons. The van der Waals surface area contributed by atoms with Crippen molar-refractivity contribution < 1.29 is 179 Å². The van der Waals surface area contributed by atoms with Crippen LogP contribution in [-0.4, -0.2) is 379 Å². The Labute approximate surface area is 439 Å². The van der Waals surface area contributed by atoms with Crippen molar-refractivity contribution in [1.82, 2.24) is 0 Å². The molecule has 0 spiro atoms. The van der Waals surface area contributed by atoms with Crippen molar-refractivity contribution in [2.45, 2.75) is 215 Å². The van der Waals surface area contributed by atoms with Gasteiger partial charge in [-0.15, -0.1) is 0 Å². The fourth-order valence-electron chi connectivity index (χ4n) is 9.80. The van der Waals surface area contributed by atoms with Crippen LogP contribution in [0.4, 0.5) is 0 Å². The van der Waals surface area contributed by atoms with E-state index in [4.69, 9.17) is 61.6 Å². The molecule has 36 nitrogen and oxygen atoms in total. The summed E-state index contributed by atoms with van der Waals surface area (Å²) in [6.45, 7) is -6.71. The molecule has 7 heterocycles. The van der Waals surface area contributed by atoms with Crippen molar-refractivity contribution in [1.29, 1.82) is 0 Å². The fourth-order valence-corrected chi connectivity index (χ4v) is 9.80. The average Bonchev–Trinajstić information content (AvgIpc) is 3.47. The van der Waals surface area contributed by atoms with Crippen LogP contribution in [0.15, 0.2) is 0 Å². The summed E-state index contributed by atoms with van der Waals surface area (Å²) >= 11 is 0. The SMILES string of the molecule is OC[C@H]1O[C@H](OC[C@H]2O[C@@H](O[C@H]3[C@H](O)[C@H](O)[C@H](O[C@H]4[C@H](O)[C@H](O)[C@H](O[C@H]5[C@H](O)[C@H](O)[C@H](O)O[C@@H]5CO)O[C@@H]4CO)O[C@@H]3CO[C@H]3O[C@H](CO)[C@H](O)[C@H](O)[C@H]3O)[C@@H](O)[C@@H](O)[C@@H]2O[C@@H]2O[C@H](CO)[C@@H](O)[C@H](O)[C@@H]2O)[C@H](O)[C@@H](O)[C@H]1O. The summed E-state index contributed by atoms with van der Waals surface area (Å²) in [5.41, 5.74) is 0. The molecule has 23 N–H and O–H groups in total. The maximum absolute atomic E-state index is 11.8. The van der Waals surface area contributed by atoms with E-state index in [1.54, 1.807) is 0 Å². The Morgan fingerprint density at radius 2 is 0.449 bits per heavy atom. The molecule has 0 aliphatic carbocycles. The molecule has 78 heavy (non-hydrogen) atoms. The van der Waals surface area contributed by atoms with Crippen LogP contribution < -0.4 is 0 Å². The lowest BCUT2D eigenvalue weighted by atomic mass is 9.95. The summed E-state index contributed by atoms with van der Waals surface area (Å²) in [6, 6.07) is 0. The zero-order chi connectivity index (χ0) is 57.3. The van der Waals surface area contributed by atoms with Crippen molar-refractivity contribution >= 4 is 0 Å². The molecular weight excluding hydrogens is 1080 g/mol. The number of aliphatic hydroxyl groups is 23. The second kappa shape index (κ2) is 27.5. The van der Waals surface area contributed by atoms with Crippen LogP contribution >= 0.6 is 0 Å². The Balaban J connectivity index is 1.14. The fraction of sp³-hybridized carbons (Fsp3) is 1.00. The van der Waals surface area contributed by atoms with Crippen molar-refractivity contribution in [3.63, 3.8) is 0 Å². The van der Waals surface area contributed by atoms with E-state index in [0.29, 0.717) is 0 Å². The highest BCUT2D eigenvalue weighted by Crippen LogP contribution is 2.37. The van der Waals surface area contributed by atoms with Gasteiger partial charge in [0, 0.05) is 0 Å². The highest BCUT2D eigenvalue weighted by molar-refractivity contribution is 5.00. The number of hydrogen-bond acceptors (Lipinski definition) is 36. The standard InChI is InChI=1S/C42H72O36/c43-1-8-15(48)18(51)26(59)37(69-8)66-6-13-34(77-39-28(61)20(53)17(50)10(3-45)71-39)24(57)31(64)42(74-13)78-35-14(7-67-38-27(60)19(52)16(49)9(2-44)70-38)73-41(30(63)23(35)56)76-33-12(5-47)72-40(29(62)22(33)55)75-32-11(4-46)68-36(65)25(58)21(32)54/h8-65H,1-7H2/t8-,9-,10-,11-,12-,13-,14-,15+,16+,17-,18+,19+,20+,21-,22-,23-,24-,25+,26-,27-,28+,29+,30+,31+,32-,33-,34-,35-,36-,37+,38+,39+,40+,41+,42+/m1/s1. The van der Waals surface area contributed by atoms with Crippen LogP contribution in [0.3, 0.4) is 0 Å². The predicted molar refractivity (Wildman–Crippen MR) is 232 cm³/mol. The first-order valence-corrected chi connectivity index (χ1v) is 24.7. The van der Waals surface area contributed by atoms with Crippen molar-refractivity contribution in [3.8, 4) is 0 Å². The van der Waals surface area contributed by atoms with E-state index in [1.165, 1.54) is 0 Å². The largest absolute Gasteiger partial charge is 0.394 e. The van der Waals surface area contributed by atoms with Gasteiger partial charge in [0.15, 0.2) is 44.0 Å². The van der Waals surface area contributed by atoms with Crippen LogP contribution in [-0.2, 0) is 61.6 Å². The van der Waals surface area contributed by atoms with Gasteiger partial charge < -0.3 is 179 Å². The van der Waals surface area contributed by atoms with Gasteiger partial charge in [0.1, 0.15) is 171 Å². The van der Waals surface area contributed by atoms with Gasteiger partial charge in [0.25, 0.3) is 0 Å². The van der Waals surface area contributed by atoms with Gasteiger partial charge >= 0.3 is 0 Å². The van der Waals surface area contributed by atoms with E-state index in [1.807, 2.05) is 0 Å². The van der Waals surface area contributed by atoms with Crippen molar-refractivity contribution in [3.05, 3.63) is 0 Å². The zero-order valence-corrected chi connectivity index (χ0v) is 40.8. The third kappa shape index (κ3) is 13.2. The van der Waals surface area contributed by atoms with E-state index in [2.05, 4.69) is 0 Å². The highest BCUT2D eigenvalue weighted by atomic mass is 16.8. The summed E-state index contributed by atoms with van der Waals surface area (Å²) in [5.74, 6) is 0. The van der Waals surface area contributed by atoms with Gasteiger partial charge in [-0.25, -0.2) is 0 Å². The van der Waals surface area contributed by atoms with Gasteiger partial charge in [-0.05, 0) is 0 Å². The lowest BCUT2D eigenvalue weighted by Gasteiger charge is -2.50. The topological polar surface area (TPSA) is 585 Å². The molecule has 0 unspecified atom stereocenters. The molecule has 0 aromatic rings. The van der Waals surface area contributed by atoms with Gasteiger partial charge in [-0.3, -0.25) is 0 Å². The summed E-state index contributed by atoms with van der Waals surface area (Å²) in [6.07, 6.45) is -69.4. The number of rotatable bonds is 19. The molecular formula is C42H72O36. The molecule has 35 atom stereocenters. The predicted octanol–water partition coefficient (Wildman–Crippen LogP) is -16.3. The molecule has 456 valence electrons. The van der Waals surface area contributed by atoms with Crippen LogP contribution in [0.25, 0.3) is 0 Å². The maximum Gasteiger partial charge on any atom is 0.187 e. The molecule has 7 saturated heterocycles. The molecule has 36 heteroatoms. The molecule has 0 aromatic heterocycles. The first-order valence-electron chi connectivity index (χ1n) is 24.7. The van der Waals surface area contributed by atoms with Crippen LogP contribution in [0.5, 0.6) is 0 Å². The Bertz CT molecular complexity index is 1810. The third-order valence-electron chi connectivity index (χ3n) is 14.5. The highest BCUT2D eigenvalue weighted by Gasteiger charge is 2.58. The van der Waals surface area contributed by atoms with E-state index in [0.717, 1.165) is 0 Å². The number of ether oxygens (including phenoxy) is 13. The molecule has 0 saturated carbocycles. The van der Waals surface area contributed by atoms with Gasteiger partial charge in [-0.2, -0.15) is 0 Å². The quantitative estimate of drug-likeness (QED) is 0.0571. The molecule has 0 bridgehead atoms. The smallest absolute Gasteiger partial charge is 0.187 e. The van der Waals surface area contributed by atoms with Crippen LogP contribution in [0.2, 0.25) is 0 Å². The summed E-state index contributed by atoms with van der Waals surface area (Å²) in [7, 11) is 0. The van der Waals surface area contributed by atoms with E-state index < -0.39 is 261 Å². The van der Waals surface area contributed by atoms with Gasteiger partial charge in [0.2, 0.25) is 0 Å². The molecule has 7 rings (SSSR count). The van der Waals surface area contributed by atoms with Crippen LogP contribution in [0, 0.1) is 0 Å². The average molecular weight is 1150 g/mol. The van der Waals surface area contributed by atoms with Crippen LogP contribution in [0.1, 0.15) is 0 Å². The first kappa shape index (κ1) is 64.1. The van der Waals surface area contributed by atoms with E-state index in [-0.39, 0.29) is 0 Å². The van der Waals surface area contributed by atoms with Crippen molar-refractivity contribution in [2.24, 2.45) is 0 Å². The second-order valence-electron chi connectivity index (χ2n) is 19.6. The Kier molecular flexibility index (Phi) is 22.6. The zero-order valence-electron chi connectivity index (χ0n) is 40.8. The lowest BCUT2D eigenvalue weighted by molar-refractivity contribution is -0.398. The maximum atomic E-state index is 11.8.